The van der Waals surface area contributed by atoms with E-state index >= 15 is 0 Å². The fraction of sp³-hybridized carbons (Fsp3) is 0.900. The monoisotopic (exact) mass is 185 g/mol. The van der Waals surface area contributed by atoms with Crippen molar-refractivity contribution in [3.8, 4) is 0 Å². The Balaban J connectivity index is 2.38. The molecule has 0 heterocycles. The van der Waals surface area contributed by atoms with E-state index in [2.05, 4.69) is 5.48 Å². The average molecular weight is 185 g/mol. The van der Waals surface area contributed by atoms with Crippen molar-refractivity contribution in [2.45, 2.75) is 52.6 Å². The molecule has 13 heavy (non-hydrogen) atoms. The van der Waals surface area contributed by atoms with Gasteiger partial charge < -0.3 is 0 Å². The van der Waals surface area contributed by atoms with Crippen molar-refractivity contribution in [3.05, 3.63) is 0 Å². The first-order valence-corrected chi connectivity index (χ1v) is 5.01. The maximum absolute atomic E-state index is 11.6. The number of nitrogens with one attached hydrogen (secondary N) is 1. The fourth-order valence-electron chi connectivity index (χ4n) is 1.68. The molecular weight excluding hydrogens is 166 g/mol. The van der Waals surface area contributed by atoms with E-state index in [4.69, 9.17) is 4.84 Å². The second-order valence-corrected chi connectivity index (χ2v) is 4.37. The van der Waals surface area contributed by atoms with Gasteiger partial charge in [0.2, 0.25) is 5.91 Å². The normalized spacial score (nSPS) is 20.6. The van der Waals surface area contributed by atoms with Crippen molar-refractivity contribution in [1.29, 1.82) is 0 Å². The summed E-state index contributed by atoms with van der Waals surface area (Å²) in [4.78, 5) is 16.7. The summed E-state index contributed by atoms with van der Waals surface area (Å²) in [5, 5.41) is 0. The Morgan fingerprint density at radius 3 is 2.38 bits per heavy atom. The summed E-state index contributed by atoms with van der Waals surface area (Å²) in [5.74, 6) is 0.0405. The summed E-state index contributed by atoms with van der Waals surface area (Å²) in [6.45, 7) is 5.81. The fourth-order valence-corrected chi connectivity index (χ4v) is 1.68. The predicted molar refractivity (Wildman–Crippen MR) is 50.9 cm³/mol. The van der Waals surface area contributed by atoms with Crippen LogP contribution in [-0.2, 0) is 9.63 Å². The van der Waals surface area contributed by atoms with E-state index in [9.17, 15) is 4.79 Å². The first-order chi connectivity index (χ1) is 6.04. The smallest absolute Gasteiger partial charge is 0.249 e. The first-order valence-electron chi connectivity index (χ1n) is 5.01. The second-order valence-electron chi connectivity index (χ2n) is 4.37. The summed E-state index contributed by atoms with van der Waals surface area (Å²) in [6.07, 6.45) is 4.34. The lowest BCUT2D eigenvalue weighted by atomic mass is 9.88. The molecule has 1 amide bonds. The molecule has 76 valence electrons. The first kappa shape index (κ1) is 10.5. The lowest BCUT2D eigenvalue weighted by Crippen LogP contribution is -2.38. The van der Waals surface area contributed by atoms with Crippen LogP contribution in [0.2, 0.25) is 0 Å². The van der Waals surface area contributed by atoms with Crippen molar-refractivity contribution in [3.63, 3.8) is 0 Å². The van der Waals surface area contributed by atoms with Gasteiger partial charge in [-0.05, 0) is 26.7 Å². The zero-order chi connectivity index (χ0) is 9.90. The van der Waals surface area contributed by atoms with E-state index in [1.54, 1.807) is 0 Å². The van der Waals surface area contributed by atoms with Gasteiger partial charge in [-0.25, -0.2) is 5.48 Å². The van der Waals surface area contributed by atoms with E-state index in [1.807, 2.05) is 20.8 Å². The molecule has 0 radical (unpaired) electrons. The summed E-state index contributed by atoms with van der Waals surface area (Å²) < 4.78 is 0. The van der Waals surface area contributed by atoms with Crippen molar-refractivity contribution in [2.75, 3.05) is 0 Å². The summed E-state index contributed by atoms with van der Waals surface area (Å²) in [6, 6.07) is 0. The molecule has 0 atom stereocenters. The van der Waals surface area contributed by atoms with E-state index in [1.165, 1.54) is 0 Å². The molecule has 0 unspecified atom stereocenters. The summed E-state index contributed by atoms with van der Waals surface area (Å²) in [7, 11) is 0. The van der Waals surface area contributed by atoms with Crippen molar-refractivity contribution < 1.29 is 9.63 Å². The van der Waals surface area contributed by atoms with Crippen LogP contribution in [0.4, 0.5) is 0 Å². The van der Waals surface area contributed by atoms with Crippen molar-refractivity contribution >= 4 is 5.91 Å². The van der Waals surface area contributed by atoms with Gasteiger partial charge in [0.1, 0.15) is 0 Å². The topological polar surface area (TPSA) is 38.3 Å². The zero-order valence-corrected chi connectivity index (χ0v) is 8.72. The van der Waals surface area contributed by atoms with Gasteiger partial charge >= 0.3 is 0 Å². The van der Waals surface area contributed by atoms with Crippen LogP contribution in [-0.4, -0.2) is 12.0 Å². The third kappa shape index (κ3) is 2.69. The SMILES string of the molecule is CC(C)ONC(=O)C1(C)CCCC1. The van der Waals surface area contributed by atoms with E-state index in [-0.39, 0.29) is 17.4 Å². The minimum Gasteiger partial charge on any atom is -0.272 e. The highest BCUT2D eigenvalue weighted by Crippen LogP contribution is 2.37. The predicted octanol–water partition coefficient (Wildman–Crippen LogP) is 2.02. The van der Waals surface area contributed by atoms with Gasteiger partial charge in [-0.3, -0.25) is 9.63 Å². The quantitative estimate of drug-likeness (QED) is 0.683. The molecule has 0 aromatic carbocycles. The van der Waals surface area contributed by atoms with Crippen LogP contribution in [0.5, 0.6) is 0 Å². The molecule has 1 saturated carbocycles. The number of carbonyl (C=O) groups is 1. The van der Waals surface area contributed by atoms with Crippen LogP contribution in [0.15, 0.2) is 0 Å². The minimum atomic E-state index is -0.186. The third-order valence-corrected chi connectivity index (χ3v) is 2.64. The molecular formula is C10H19NO2. The number of rotatable bonds is 3. The Morgan fingerprint density at radius 1 is 1.38 bits per heavy atom. The highest BCUT2D eigenvalue weighted by Gasteiger charge is 2.36. The van der Waals surface area contributed by atoms with Gasteiger partial charge in [-0.15, -0.1) is 0 Å². The van der Waals surface area contributed by atoms with Crippen molar-refractivity contribution in [2.24, 2.45) is 5.41 Å². The Kier molecular flexibility index (Phi) is 3.31. The minimum absolute atomic E-state index is 0.0405. The van der Waals surface area contributed by atoms with Crippen LogP contribution in [0.25, 0.3) is 0 Å². The molecule has 1 aliphatic carbocycles. The molecule has 0 aromatic rings. The second kappa shape index (κ2) is 4.09. The summed E-state index contributed by atoms with van der Waals surface area (Å²) in [5.41, 5.74) is 2.34. The van der Waals surface area contributed by atoms with E-state index in [0.717, 1.165) is 25.7 Å². The van der Waals surface area contributed by atoms with Gasteiger partial charge in [0, 0.05) is 5.41 Å². The number of hydrogen-bond acceptors (Lipinski definition) is 2. The molecule has 1 N–H and O–H groups in total. The lowest BCUT2D eigenvalue weighted by Gasteiger charge is -2.22. The molecule has 0 saturated heterocycles. The average Bonchev–Trinajstić information content (AvgIpc) is 2.49. The molecule has 3 heteroatoms. The number of carbonyl (C=O) groups excluding carboxylic acids is 1. The van der Waals surface area contributed by atoms with E-state index < -0.39 is 0 Å². The highest BCUT2D eigenvalue weighted by atomic mass is 16.7. The molecule has 1 aliphatic rings. The summed E-state index contributed by atoms with van der Waals surface area (Å²) >= 11 is 0. The van der Waals surface area contributed by atoms with Crippen LogP contribution in [0, 0.1) is 5.41 Å². The molecule has 0 bridgehead atoms. The van der Waals surface area contributed by atoms with Gasteiger partial charge in [-0.2, -0.15) is 0 Å². The van der Waals surface area contributed by atoms with E-state index in [0.29, 0.717) is 0 Å². The zero-order valence-electron chi connectivity index (χ0n) is 8.72. The van der Waals surface area contributed by atoms with Gasteiger partial charge in [0.15, 0.2) is 0 Å². The Hall–Kier alpha value is -0.570. The standard InChI is InChI=1S/C10H19NO2/c1-8(2)13-11-9(12)10(3)6-4-5-7-10/h8H,4-7H2,1-3H3,(H,11,12). The van der Waals surface area contributed by atoms with Gasteiger partial charge in [0.25, 0.3) is 0 Å². The number of hydroxylamine groups is 1. The molecule has 1 fully saturated rings. The van der Waals surface area contributed by atoms with Crippen LogP contribution >= 0.6 is 0 Å². The Bertz CT molecular complexity index is 183. The molecule has 0 aromatic heterocycles. The van der Waals surface area contributed by atoms with Crippen LogP contribution < -0.4 is 5.48 Å². The van der Waals surface area contributed by atoms with Crippen molar-refractivity contribution in [1.82, 2.24) is 5.48 Å². The van der Waals surface area contributed by atoms with Gasteiger partial charge in [0.05, 0.1) is 6.10 Å². The van der Waals surface area contributed by atoms with Crippen LogP contribution in [0.1, 0.15) is 46.5 Å². The van der Waals surface area contributed by atoms with Gasteiger partial charge in [-0.1, -0.05) is 19.8 Å². The number of hydrogen-bond donors (Lipinski definition) is 1. The molecule has 1 rings (SSSR count). The lowest BCUT2D eigenvalue weighted by molar-refractivity contribution is -0.146. The Morgan fingerprint density at radius 2 is 1.92 bits per heavy atom. The molecule has 0 aliphatic heterocycles. The number of amides is 1. The highest BCUT2D eigenvalue weighted by molar-refractivity contribution is 5.81. The molecule has 3 nitrogen and oxygen atoms in total. The molecule has 0 spiro atoms. The maximum Gasteiger partial charge on any atom is 0.249 e. The third-order valence-electron chi connectivity index (χ3n) is 2.64. The largest absolute Gasteiger partial charge is 0.272 e. The maximum atomic E-state index is 11.6. The van der Waals surface area contributed by atoms with Crippen LogP contribution in [0.3, 0.4) is 0 Å². The Labute approximate surface area is 79.8 Å².